The average Bonchev–Trinajstić information content (AvgIpc) is 2.35. The Morgan fingerprint density at radius 3 is 2.09 bits per heavy atom. The van der Waals surface area contributed by atoms with Crippen molar-refractivity contribution >= 4 is 17.4 Å². The number of aromatic nitrogens is 1. The minimum absolute atomic E-state index is 0.00685. The van der Waals surface area contributed by atoms with Crippen LogP contribution in [0.3, 0.4) is 0 Å². The molecule has 0 atom stereocenters. The summed E-state index contributed by atoms with van der Waals surface area (Å²) >= 11 is 5.65. The van der Waals surface area contributed by atoms with Crippen LogP contribution in [0.15, 0.2) is 30.3 Å². The lowest BCUT2D eigenvalue weighted by Crippen LogP contribution is -2.34. The summed E-state index contributed by atoms with van der Waals surface area (Å²) in [6.45, 7) is 0. The Kier molecular flexibility index (Phi) is 3.99. The number of nitrogen functional groups attached to an aromatic ring is 1. The van der Waals surface area contributed by atoms with Crippen LogP contribution in [0.4, 0.5) is 32.2 Å². The van der Waals surface area contributed by atoms with E-state index in [9.17, 15) is 26.3 Å². The number of nitrogens with two attached hydrogens (primary N) is 1. The van der Waals surface area contributed by atoms with Crippen LogP contribution in [-0.4, -0.2) is 11.2 Å². The molecule has 2 nitrogen and oxygen atoms in total. The third-order valence-corrected chi connectivity index (χ3v) is 3.00. The van der Waals surface area contributed by atoms with E-state index in [4.69, 9.17) is 17.3 Å². The Hall–Kier alpha value is -1.96. The zero-order valence-corrected chi connectivity index (χ0v) is 11.3. The summed E-state index contributed by atoms with van der Waals surface area (Å²) in [6.07, 6.45) is -5.89. The summed E-state index contributed by atoms with van der Waals surface area (Å²) < 4.78 is 76.9. The number of halogens is 7. The van der Waals surface area contributed by atoms with Gasteiger partial charge in [0.1, 0.15) is 16.8 Å². The maximum atomic E-state index is 13.7. The van der Waals surface area contributed by atoms with E-state index in [-0.39, 0.29) is 22.1 Å². The monoisotopic (exact) mass is 340 g/mol. The molecule has 2 rings (SSSR count). The molecular weight excluding hydrogens is 334 g/mol. The van der Waals surface area contributed by atoms with Gasteiger partial charge in [-0.2, -0.15) is 22.0 Å². The van der Waals surface area contributed by atoms with Crippen LogP contribution in [-0.2, 0) is 5.92 Å². The lowest BCUT2D eigenvalue weighted by atomic mass is 10.0. The highest BCUT2D eigenvalue weighted by Crippen LogP contribution is 2.45. The fraction of sp³-hybridized carbons (Fsp3) is 0.154. The number of alkyl halides is 5. The van der Waals surface area contributed by atoms with Crippen molar-refractivity contribution in [2.75, 3.05) is 5.73 Å². The molecule has 0 bridgehead atoms. The number of pyridine rings is 1. The van der Waals surface area contributed by atoms with E-state index < -0.39 is 23.5 Å². The fourth-order valence-electron chi connectivity index (χ4n) is 1.79. The number of benzene rings is 1. The standard InChI is InChI=1S/C13H7ClF6N2/c14-10-4-7(5-11(21)22-10)6-1-2-8(9(15)3-6)12(16,17)13(18,19)20/h1-5H,(H2,21,22). The summed E-state index contributed by atoms with van der Waals surface area (Å²) in [7, 11) is 0. The molecule has 1 aromatic carbocycles. The molecule has 0 aliphatic carbocycles. The molecule has 0 radical (unpaired) electrons. The second-order valence-corrected chi connectivity index (χ2v) is 4.76. The van der Waals surface area contributed by atoms with E-state index in [0.717, 1.165) is 6.07 Å². The van der Waals surface area contributed by atoms with Crippen molar-refractivity contribution < 1.29 is 26.3 Å². The molecule has 0 aliphatic rings. The van der Waals surface area contributed by atoms with Crippen LogP contribution in [0.5, 0.6) is 0 Å². The lowest BCUT2D eigenvalue weighted by molar-refractivity contribution is -0.290. The number of hydrogen-bond acceptors (Lipinski definition) is 2. The van der Waals surface area contributed by atoms with Crippen molar-refractivity contribution in [3.8, 4) is 11.1 Å². The van der Waals surface area contributed by atoms with Crippen LogP contribution in [0, 0.1) is 5.82 Å². The molecule has 0 aliphatic heterocycles. The first-order valence-corrected chi connectivity index (χ1v) is 6.08. The second-order valence-electron chi connectivity index (χ2n) is 4.37. The Morgan fingerprint density at radius 1 is 0.955 bits per heavy atom. The Balaban J connectivity index is 2.51. The Morgan fingerprint density at radius 2 is 1.59 bits per heavy atom. The van der Waals surface area contributed by atoms with Crippen molar-refractivity contribution in [3.05, 3.63) is 46.9 Å². The summed E-state index contributed by atoms with van der Waals surface area (Å²) in [4.78, 5) is 3.65. The molecule has 9 heteroatoms. The largest absolute Gasteiger partial charge is 0.458 e. The van der Waals surface area contributed by atoms with Gasteiger partial charge in [-0.15, -0.1) is 0 Å². The zero-order valence-electron chi connectivity index (χ0n) is 10.6. The van der Waals surface area contributed by atoms with Gasteiger partial charge < -0.3 is 5.73 Å². The molecule has 0 saturated heterocycles. The van der Waals surface area contributed by atoms with Gasteiger partial charge in [0.2, 0.25) is 0 Å². The predicted molar refractivity (Wildman–Crippen MR) is 69.0 cm³/mol. The average molecular weight is 341 g/mol. The molecule has 2 N–H and O–H groups in total. The first kappa shape index (κ1) is 16.4. The predicted octanol–water partition coefficient (Wildman–Crippen LogP) is 4.78. The molecule has 1 aromatic heterocycles. The van der Waals surface area contributed by atoms with Crippen molar-refractivity contribution in [1.82, 2.24) is 4.98 Å². The maximum Gasteiger partial charge on any atom is 0.458 e. The highest BCUT2D eigenvalue weighted by Gasteiger charge is 2.59. The second kappa shape index (κ2) is 5.35. The van der Waals surface area contributed by atoms with Gasteiger partial charge >= 0.3 is 12.1 Å². The first-order chi connectivity index (χ1) is 10.0. The summed E-state index contributed by atoms with van der Waals surface area (Å²) in [5, 5.41) is -0.0277. The van der Waals surface area contributed by atoms with Gasteiger partial charge in [-0.3, -0.25) is 0 Å². The molecule has 118 valence electrons. The van der Waals surface area contributed by atoms with Gasteiger partial charge in [0.15, 0.2) is 0 Å². The van der Waals surface area contributed by atoms with Crippen LogP contribution in [0.25, 0.3) is 11.1 Å². The van der Waals surface area contributed by atoms with E-state index in [1.54, 1.807) is 0 Å². The molecule has 0 unspecified atom stereocenters. The Labute approximate surface area is 125 Å². The summed E-state index contributed by atoms with van der Waals surface area (Å²) in [6, 6.07) is 4.41. The van der Waals surface area contributed by atoms with Gasteiger partial charge in [0.25, 0.3) is 0 Å². The summed E-state index contributed by atoms with van der Waals surface area (Å²) in [5.74, 6) is -6.98. The molecule has 2 aromatic rings. The van der Waals surface area contributed by atoms with Gasteiger partial charge in [-0.1, -0.05) is 17.7 Å². The van der Waals surface area contributed by atoms with Crippen molar-refractivity contribution in [3.63, 3.8) is 0 Å². The molecule has 0 amide bonds. The van der Waals surface area contributed by atoms with Crippen LogP contribution < -0.4 is 5.73 Å². The highest BCUT2D eigenvalue weighted by atomic mass is 35.5. The third kappa shape index (κ3) is 2.96. The Bertz CT molecular complexity index is 694. The molecule has 0 fully saturated rings. The topological polar surface area (TPSA) is 38.9 Å². The quantitative estimate of drug-likeness (QED) is 0.631. The van der Waals surface area contributed by atoms with Gasteiger partial charge in [-0.25, -0.2) is 9.37 Å². The van der Waals surface area contributed by atoms with Crippen molar-refractivity contribution in [2.45, 2.75) is 12.1 Å². The zero-order chi connectivity index (χ0) is 16.7. The SMILES string of the molecule is Nc1cc(-c2ccc(C(F)(F)C(F)(F)F)c(F)c2)cc(Cl)n1. The van der Waals surface area contributed by atoms with Gasteiger partial charge in [0.05, 0.1) is 5.56 Å². The molecule has 0 spiro atoms. The normalized spacial score (nSPS) is 12.5. The smallest absolute Gasteiger partial charge is 0.384 e. The lowest BCUT2D eigenvalue weighted by Gasteiger charge is -2.20. The molecule has 22 heavy (non-hydrogen) atoms. The molecule has 1 heterocycles. The van der Waals surface area contributed by atoms with Gasteiger partial charge in [0, 0.05) is 0 Å². The number of anilines is 1. The van der Waals surface area contributed by atoms with Crippen LogP contribution >= 0.6 is 11.6 Å². The first-order valence-electron chi connectivity index (χ1n) is 5.70. The summed E-state index contributed by atoms with van der Waals surface area (Å²) in [5.41, 5.74) is 3.95. The van der Waals surface area contributed by atoms with E-state index in [2.05, 4.69) is 4.98 Å². The number of nitrogens with zero attached hydrogens (tertiary/aromatic N) is 1. The van der Waals surface area contributed by atoms with Crippen LogP contribution in [0.2, 0.25) is 5.15 Å². The van der Waals surface area contributed by atoms with Crippen LogP contribution in [0.1, 0.15) is 5.56 Å². The van der Waals surface area contributed by atoms with E-state index in [1.165, 1.54) is 12.1 Å². The van der Waals surface area contributed by atoms with Gasteiger partial charge in [-0.05, 0) is 35.4 Å². The minimum atomic E-state index is -5.89. The molecule has 0 saturated carbocycles. The van der Waals surface area contributed by atoms with E-state index in [1.807, 2.05) is 0 Å². The third-order valence-electron chi connectivity index (χ3n) is 2.81. The van der Waals surface area contributed by atoms with Crippen molar-refractivity contribution in [2.24, 2.45) is 0 Å². The van der Waals surface area contributed by atoms with Crippen molar-refractivity contribution in [1.29, 1.82) is 0 Å². The fourth-order valence-corrected chi connectivity index (χ4v) is 2.00. The van der Waals surface area contributed by atoms with E-state index >= 15 is 0 Å². The maximum absolute atomic E-state index is 13.7. The number of rotatable bonds is 2. The minimum Gasteiger partial charge on any atom is -0.384 e. The number of hydrogen-bond donors (Lipinski definition) is 1. The molecular formula is C13H7ClF6N2. The highest BCUT2D eigenvalue weighted by molar-refractivity contribution is 6.29. The van der Waals surface area contributed by atoms with E-state index in [0.29, 0.717) is 12.1 Å².